The molecule has 0 aliphatic heterocycles. The lowest BCUT2D eigenvalue weighted by molar-refractivity contribution is -0.119. The topological polar surface area (TPSA) is 15.3 Å². The van der Waals surface area contributed by atoms with Crippen LogP contribution in [0.2, 0.25) is 0 Å². The molecule has 0 bridgehead atoms. The molecule has 0 radical (unpaired) electrons. The fraction of sp³-hybridized carbons (Fsp3) is 0.600. The fourth-order valence-corrected chi connectivity index (χ4v) is 2.23. The number of aryl methyl sites for hydroxylation is 1. The molecule has 0 fully saturated rings. The lowest BCUT2D eigenvalue weighted by Crippen LogP contribution is -2.36. The predicted octanol–water partition coefficient (Wildman–Crippen LogP) is 4.19. The minimum atomic E-state index is -4.29. The SMILES string of the molecule is CCCN(CC(F)(F)F)c1cc(C)c(F)cc1C(C)NC. The van der Waals surface area contributed by atoms with E-state index in [-0.39, 0.29) is 12.6 Å². The summed E-state index contributed by atoms with van der Waals surface area (Å²) in [5, 5.41) is 2.95. The van der Waals surface area contributed by atoms with E-state index in [4.69, 9.17) is 0 Å². The Morgan fingerprint density at radius 1 is 1.29 bits per heavy atom. The van der Waals surface area contributed by atoms with Crippen molar-refractivity contribution < 1.29 is 17.6 Å². The molecule has 0 aliphatic rings. The van der Waals surface area contributed by atoms with Gasteiger partial charge in [-0.25, -0.2) is 4.39 Å². The Morgan fingerprint density at radius 2 is 1.90 bits per heavy atom. The average Bonchev–Trinajstić information content (AvgIpc) is 2.38. The number of benzene rings is 1. The first kappa shape index (κ1) is 17.8. The summed E-state index contributed by atoms with van der Waals surface area (Å²) >= 11 is 0. The van der Waals surface area contributed by atoms with Gasteiger partial charge >= 0.3 is 6.18 Å². The zero-order chi connectivity index (χ0) is 16.2. The molecule has 21 heavy (non-hydrogen) atoms. The third-order valence-corrected chi connectivity index (χ3v) is 3.41. The molecular weight excluding hydrogens is 284 g/mol. The first-order valence-electron chi connectivity index (χ1n) is 6.98. The van der Waals surface area contributed by atoms with E-state index in [1.54, 1.807) is 20.9 Å². The highest BCUT2D eigenvalue weighted by atomic mass is 19.4. The van der Waals surface area contributed by atoms with Gasteiger partial charge in [0.1, 0.15) is 12.4 Å². The van der Waals surface area contributed by atoms with Gasteiger partial charge in [0.15, 0.2) is 0 Å². The molecule has 1 aromatic carbocycles. The second kappa shape index (κ2) is 7.11. The third-order valence-electron chi connectivity index (χ3n) is 3.41. The smallest absolute Gasteiger partial charge is 0.362 e. The first-order chi connectivity index (χ1) is 9.69. The van der Waals surface area contributed by atoms with E-state index in [1.807, 2.05) is 6.92 Å². The highest BCUT2D eigenvalue weighted by Crippen LogP contribution is 2.31. The van der Waals surface area contributed by atoms with Crippen molar-refractivity contribution in [3.63, 3.8) is 0 Å². The normalized spacial score (nSPS) is 13.3. The van der Waals surface area contributed by atoms with Crippen molar-refractivity contribution in [2.75, 3.05) is 25.0 Å². The maximum absolute atomic E-state index is 13.8. The van der Waals surface area contributed by atoms with Gasteiger partial charge in [0.2, 0.25) is 0 Å². The van der Waals surface area contributed by atoms with Crippen LogP contribution >= 0.6 is 0 Å². The number of hydrogen-bond donors (Lipinski definition) is 1. The Hall–Kier alpha value is -1.30. The van der Waals surface area contributed by atoms with Gasteiger partial charge in [-0.2, -0.15) is 13.2 Å². The van der Waals surface area contributed by atoms with Crippen molar-refractivity contribution in [1.29, 1.82) is 0 Å². The van der Waals surface area contributed by atoms with Crippen molar-refractivity contribution in [3.05, 3.63) is 29.1 Å². The van der Waals surface area contributed by atoms with Crippen LogP contribution in [0.3, 0.4) is 0 Å². The van der Waals surface area contributed by atoms with Crippen LogP contribution in [0.5, 0.6) is 0 Å². The van der Waals surface area contributed by atoms with Crippen molar-refractivity contribution in [2.24, 2.45) is 0 Å². The van der Waals surface area contributed by atoms with E-state index >= 15 is 0 Å². The second-order valence-electron chi connectivity index (χ2n) is 5.21. The molecule has 0 spiro atoms. The van der Waals surface area contributed by atoms with E-state index in [0.717, 1.165) is 0 Å². The number of nitrogens with zero attached hydrogens (tertiary/aromatic N) is 1. The maximum atomic E-state index is 13.8. The number of rotatable bonds is 6. The van der Waals surface area contributed by atoms with Gasteiger partial charge in [0.05, 0.1) is 0 Å². The Balaban J connectivity index is 3.30. The predicted molar refractivity (Wildman–Crippen MR) is 77.2 cm³/mol. The van der Waals surface area contributed by atoms with Gasteiger partial charge in [-0.1, -0.05) is 6.92 Å². The summed E-state index contributed by atoms with van der Waals surface area (Å²) in [6.07, 6.45) is -3.71. The Morgan fingerprint density at radius 3 is 2.38 bits per heavy atom. The molecule has 1 unspecified atom stereocenters. The van der Waals surface area contributed by atoms with Crippen LogP contribution < -0.4 is 10.2 Å². The molecule has 1 aromatic rings. The summed E-state index contributed by atoms with van der Waals surface area (Å²) in [5.41, 5.74) is 1.33. The van der Waals surface area contributed by atoms with Gasteiger partial charge in [-0.3, -0.25) is 0 Å². The molecule has 0 amide bonds. The summed E-state index contributed by atoms with van der Waals surface area (Å²) in [6, 6.07) is 2.59. The highest BCUT2D eigenvalue weighted by Gasteiger charge is 2.32. The lowest BCUT2D eigenvalue weighted by atomic mass is 10.0. The first-order valence-corrected chi connectivity index (χ1v) is 6.98. The fourth-order valence-electron chi connectivity index (χ4n) is 2.23. The molecule has 1 N–H and O–H groups in total. The van der Waals surface area contributed by atoms with Crippen LogP contribution in [0.25, 0.3) is 0 Å². The Labute approximate surface area is 123 Å². The zero-order valence-electron chi connectivity index (χ0n) is 12.8. The summed E-state index contributed by atoms with van der Waals surface area (Å²) < 4.78 is 52.1. The van der Waals surface area contributed by atoms with Crippen LogP contribution in [-0.2, 0) is 0 Å². The molecule has 120 valence electrons. The van der Waals surface area contributed by atoms with Crippen LogP contribution in [0, 0.1) is 12.7 Å². The monoisotopic (exact) mass is 306 g/mol. The van der Waals surface area contributed by atoms with Gasteiger partial charge < -0.3 is 10.2 Å². The Bertz CT molecular complexity index is 471. The van der Waals surface area contributed by atoms with Crippen molar-refractivity contribution in [1.82, 2.24) is 5.32 Å². The number of halogens is 4. The number of alkyl halides is 3. The van der Waals surface area contributed by atoms with Crippen LogP contribution in [0.4, 0.5) is 23.2 Å². The summed E-state index contributed by atoms with van der Waals surface area (Å²) in [7, 11) is 1.69. The van der Waals surface area contributed by atoms with Crippen molar-refractivity contribution >= 4 is 5.69 Å². The molecular formula is C15H22F4N2. The van der Waals surface area contributed by atoms with Gasteiger partial charge in [0, 0.05) is 18.3 Å². The molecule has 1 rings (SSSR count). The summed E-state index contributed by atoms with van der Waals surface area (Å²) in [5.74, 6) is -0.403. The molecule has 0 heterocycles. The number of hydrogen-bond acceptors (Lipinski definition) is 2. The summed E-state index contributed by atoms with van der Waals surface area (Å²) in [4.78, 5) is 1.27. The highest BCUT2D eigenvalue weighted by molar-refractivity contribution is 5.57. The largest absolute Gasteiger partial charge is 0.405 e. The minimum Gasteiger partial charge on any atom is -0.362 e. The minimum absolute atomic E-state index is 0.234. The van der Waals surface area contributed by atoms with Crippen molar-refractivity contribution in [2.45, 2.75) is 39.4 Å². The molecule has 0 aromatic heterocycles. The van der Waals surface area contributed by atoms with Crippen LogP contribution in [0.15, 0.2) is 12.1 Å². The molecule has 6 heteroatoms. The molecule has 1 atom stereocenters. The van der Waals surface area contributed by atoms with E-state index in [9.17, 15) is 17.6 Å². The van der Waals surface area contributed by atoms with E-state index < -0.39 is 18.5 Å². The molecule has 0 saturated heterocycles. The van der Waals surface area contributed by atoms with Gasteiger partial charge in [-0.05, 0) is 50.6 Å². The average molecular weight is 306 g/mol. The van der Waals surface area contributed by atoms with Gasteiger partial charge in [0.25, 0.3) is 0 Å². The quantitative estimate of drug-likeness (QED) is 0.793. The van der Waals surface area contributed by atoms with Crippen molar-refractivity contribution in [3.8, 4) is 0 Å². The standard InChI is InChI=1S/C15H22F4N2/c1-5-6-21(9-15(17,18)19)14-7-10(2)13(16)8-12(14)11(3)20-4/h7-8,11,20H,5-6,9H2,1-4H3. The summed E-state index contributed by atoms with van der Waals surface area (Å²) in [6.45, 7) is 4.42. The van der Waals surface area contributed by atoms with Gasteiger partial charge in [-0.15, -0.1) is 0 Å². The second-order valence-corrected chi connectivity index (χ2v) is 5.21. The van der Waals surface area contributed by atoms with E-state index in [0.29, 0.717) is 23.2 Å². The zero-order valence-corrected chi connectivity index (χ0v) is 12.8. The number of nitrogens with one attached hydrogen (secondary N) is 1. The van der Waals surface area contributed by atoms with Crippen LogP contribution in [-0.4, -0.2) is 26.3 Å². The van der Waals surface area contributed by atoms with Crippen LogP contribution in [0.1, 0.15) is 37.4 Å². The van der Waals surface area contributed by atoms with E-state index in [2.05, 4.69) is 5.32 Å². The third kappa shape index (κ3) is 4.88. The lowest BCUT2D eigenvalue weighted by Gasteiger charge is -2.30. The molecule has 0 aliphatic carbocycles. The maximum Gasteiger partial charge on any atom is 0.405 e. The van der Waals surface area contributed by atoms with E-state index in [1.165, 1.54) is 17.0 Å². The number of anilines is 1. The molecule has 2 nitrogen and oxygen atoms in total. The molecule has 0 saturated carbocycles. The Kier molecular flexibility index (Phi) is 6.01.